The maximum absolute atomic E-state index is 13.7. The van der Waals surface area contributed by atoms with Crippen LogP contribution in [0.5, 0.6) is 0 Å². The first-order valence-corrected chi connectivity index (χ1v) is 6.11. The van der Waals surface area contributed by atoms with Crippen molar-refractivity contribution in [3.63, 3.8) is 0 Å². The van der Waals surface area contributed by atoms with Gasteiger partial charge in [-0.05, 0) is 23.8 Å². The summed E-state index contributed by atoms with van der Waals surface area (Å²) < 4.78 is 13.7. The molecule has 0 radical (unpaired) electrons. The molecular weight excluding hydrogens is 290 g/mol. The molecule has 1 amide bonds. The van der Waals surface area contributed by atoms with Crippen molar-refractivity contribution in [2.75, 3.05) is 0 Å². The number of nitrogens with two attached hydrogens (primary N) is 1. The normalized spacial score (nSPS) is 10.5. The van der Waals surface area contributed by atoms with Gasteiger partial charge in [0.15, 0.2) is 0 Å². The number of pyridine rings is 1. The second-order valence-corrected chi connectivity index (χ2v) is 4.75. The number of carbonyl (C=O) groups excluding carboxylic acids is 1. The van der Waals surface area contributed by atoms with Gasteiger partial charge < -0.3 is 5.73 Å². The zero-order valence-corrected chi connectivity index (χ0v) is 11.2. The van der Waals surface area contributed by atoms with Crippen molar-refractivity contribution in [1.82, 2.24) is 4.98 Å². The topological polar surface area (TPSA) is 56.0 Å². The Morgan fingerprint density at radius 3 is 2.68 bits per heavy atom. The van der Waals surface area contributed by atoms with Crippen LogP contribution in [-0.2, 0) is 6.42 Å². The van der Waals surface area contributed by atoms with Crippen LogP contribution < -0.4 is 5.73 Å². The largest absolute Gasteiger partial charge is 0.366 e. The molecule has 0 aliphatic rings. The van der Waals surface area contributed by atoms with Crippen molar-refractivity contribution in [2.24, 2.45) is 5.73 Å². The minimum absolute atomic E-state index is 0.0958. The first-order valence-electron chi connectivity index (χ1n) is 5.36. The van der Waals surface area contributed by atoms with E-state index in [9.17, 15) is 9.18 Å². The first kappa shape index (κ1) is 13.8. The van der Waals surface area contributed by atoms with Crippen LogP contribution in [0.15, 0.2) is 30.5 Å². The van der Waals surface area contributed by atoms with Crippen molar-refractivity contribution in [3.8, 4) is 0 Å². The lowest BCUT2D eigenvalue weighted by Crippen LogP contribution is -2.15. The average Bonchev–Trinajstić information content (AvgIpc) is 2.34. The van der Waals surface area contributed by atoms with E-state index in [0.717, 1.165) is 0 Å². The van der Waals surface area contributed by atoms with Gasteiger partial charge in [0.25, 0.3) is 0 Å². The molecule has 0 fully saturated rings. The van der Waals surface area contributed by atoms with E-state index in [-0.39, 0.29) is 17.5 Å². The van der Waals surface area contributed by atoms with Gasteiger partial charge in [-0.2, -0.15) is 4.39 Å². The second kappa shape index (κ2) is 5.55. The maximum Gasteiger partial charge on any atom is 0.249 e. The number of carbonyl (C=O) groups is 1. The highest BCUT2D eigenvalue weighted by Crippen LogP contribution is 2.25. The molecule has 1 aromatic heterocycles. The number of nitrogens with zero attached hydrogens (tertiary/aromatic N) is 1. The molecule has 3 nitrogen and oxygen atoms in total. The zero-order valence-electron chi connectivity index (χ0n) is 9.66. The summed E-state index contributed by atoms with van der Waals surface area (Å²) in [6.45, 7) is 0. The van der Waals surface area contributed by atoms with E-state index in [1.807, 2.05) is 0 Å². The van der Waals surface area contributed by atoms with Crippen molar-refractivity contribution < 1.29 is 9.18 Å². The number of primary amides is 1. The summed E-state index contributed by atoms with van der Waals surface area (Å²) >= 11 is 11.8. The van der Waals surface area contributed by atoms with Crippen LogP contribution in [0.3, 0.4) is 0 Å². The van der Waals surface area contributed by atoms with Crippen LogP contribution in [0.1, 0.15) is 21.5 Å². The van der Waals surface area contributed by atoms with Gasteiger partial charge in [-0.3, -0.25) is 4.79 Å². The Bertz CT molecular complexity index is 647. The van der Waals surface area contributed by atoms with E-state index >= 15 is 0 Å². The van der Waals surface area contributed by atoms with Crippen LogP contribution in [0, 0.1) is 5.95 Å². The second-order valence-electron chi connectivity index (χ2n) is 3.90. The predicted octanol–water partition coefficient (Wildman–Crippen LogP) is 3.22. The summed E-state index contributed by atoms with van der Waals surface area (Å²) in [5.74, 6) is -1.44. The van der Waals surface area contributed by atoms with Gasteiger partial charge in [0.2, 0.25) is 11.9 Å². The number of benzene rings is 1. The molecule has 0 atom stereocenters. The summed E-state index contributed by atoms with van der Waals surface area (Å²) in [5, 5.41) is 0.877. The van der Waals surface area contributed by atoms with E-state index in [2.05, 4.69) is 4.98 Å². The number of hydrogen-bond donors (Lipinski definition) is 1. The molecule has 0 saturated heterocycles. The van der Waals surface area contributed by atoms with Gasteiger partial charge in [0.05, 0.1) is 0 Å². The van der Waals surface area contributed by atoms with E-state index in [1.54, 1.807) is 18.2 Å². The lowest BCUT2D eigenvalue weighted by molar-refractivity contribution is 0.0998. The highest BCUT2D eigenvalue weighted by Gasteiger charge is 2.15. The van der Waals surface area contributed by atoms with Crippen molar-refractivity contribution in [1.29, 1.82) is 0 Å². The molecular formula is C13H9Cl2FN2O. The van der Waals surface area contributed by atoms with E-state index in [4.69, 9.17) is 28.9 Å². The van der Waals surface area contributed by atoms with Crippen molar-refractivity contribution >= 4 is 29.1 Å². The zero-order chi connectivity index (χ0) is 14.0. The fraction of sp³-hybridized carbons (Fsp3) is 0.0769. The fourth-order valence-corrected chi connectivity index (χ4v) is 2.20. The first-order chi connectivity index (χ1) is 8.99. The molecule has 1 heterocycles. The monoisotopic (exact) mass is 298 g/mol. The van der Waals surface area contributed by atoms with E-state index in [1.165, 1.54) is 12.3 Å². The highest BCUT2D eigenvalue weighted by molar-refractivity contribution is 6.35. The van der Waals surface area contributed by atoms with E-state index in [0.29, 0.717) is 15.6 Å². The number of halogens is 3. The summed E-state index contributed by atoms with van der Waals surface area (Å²) in [6.07, 6.45) is 1.32. The molecule has 2 N–H and O–H groups in total. The van der Waals surface area contributed by atoms with Crippen LogP contribution in [-0.4, -0.2) is 10.9 Å². The molecule has 1 aromatic carbocycles. The van der Waals surface area contributed by atoms with Crippen molar-refractivity contribution in [3.05, 3.63) is 63.1 Å². The standard InChI is InChI=1S/C13H9Cl2FN2O/c14-8-2-1-7(11(15)6-8)5-10-9(13(17)19)3-4-18-12(10)16/h1-4,6H,5H2,(H2,17,19). The quantitative estimate of drug-likeness (QED) is 0.885. The third kappa shape index (κ3) is 3.03. The predicted molar refractivity (Wildman–Crippen MR) is 72.0 cm³/mol. The van der Waals surface area contributed by atoms with Crippen LogP contribution in [0.25, 0.3) is 0 Å². The lowest BCUT2D eigenvalue weighted by atomic mass is 10.0. The molecule has 6 heteroatoms. The van der Waals surface area contributed by atoms with E-state index < -0.39 is 11.9 Å². The Kier molecular flexibility index (Phi) is 4.02. The number of rotatable bonds is 3. The summed E-state index contributed by atoms with van der Waals surface area (Å²) in [5.41, 5.74) is 6.07. The minimum Gasteiger partial charge on any atom is -0.366 e. The molecule has 0 spiro atoms. The van der Waals surface area contributed by atoms with Gasteiger partial charge in [-0.25, -0.2) is 4.98 Å². The number of amides is 1. The molecule has 0 aliphatic carbocycles. The highest BCUT2D eigenvalue weighted by atomic mass is 35.5. The van der Waals surface area contributed by atoms with Crippen LogP contribution in [0.4, 0.5) is 4.39 Å². The minimum atomic E-state index is -0.734. The van der Waals surface area contributed by atoms with Gasteiger partial charge in [0.1, 0.15) is 0 Å². The maximum atomic E-state index is 13.7. The molecule has 98 valence electrons. The Labute approximate surface area is 119 Å². The Morgan fingerprint density at radius 2 is 2.05 bits per heavy atom. The summed E-state index contributed by atoms with van der Waals surface area (Å²) in [4.78, 5) is 14.8. The van der Waals surface area contributed by atoms with Crippen LogP contribution >= 0.6 is 23.2 Å². The average molecular weight is 299 g/mol. The summed E-state index contributed by atoms with van der Waals surface area (Å²) in [7, 11) is 0. The molecule has 0 saturated carbocycles. The molecule has 0 bridgehead atoms. The smallest absolute Gasteiger partial charge is 0.249 e. The Morgan fingerprint density at radius 1 is 1.32 bits per heavy atom. The van der Waals surface area contributed by atoms with Gasteiger partial charge >= 0.3 is 0 Å². The number of hydrogen-bond acceptors (Lipinski definition) is 2. The molecule has 2 aromatic rings. The van der Waals surface area contributed by atoms with Crippen molar-refractivity contribution in [2.45, 2.75) is 6.42 Å². The molecule has 19 heavy (non-hydrogen) atoms. The van der Waals surface area contributed by atoms with Gasteiger partial charge in [-0.15, -0.1) is 0 Å². The Hall–Kier alpha value is -1.65. The fourth-order valence-electron chi connectivity index (χ4n) is 1.72. The van der Waals surface area contributed by atoms with Gasteiger partial charge in [0, 0.05) is 33.8 Å². The Balaban J connectivity index is 2.46. The van der Waals surface area contributed by atoms with Crippen LogP contribution in [0.2, 0.25) is 10.0 Å². The number of aromatic nitrogens is 1. The molecule has 0 aliphatic heterocycles. The lowest BCUT2D eigenvalue weighted by Gasteiger charge is -2.09. The third-order valence-corrected chi connectivity index (χ3v) is 3.24. The molecule has 0 unspecified atom stereocenters. The SMILES string of the molecule is NC(=O)c1ccnc(F)c1Cc1ccc(Cl)cc1Cl. The third-order valence-electron chi connectivity index (χ3n) is 2.65. The van der Waals surface area contributed by atoms with Gasteiger partial charge in [-0.1, -0.05) is 29.3 Å². The summed E-state index contributed by atoms with van der Waals surface area (Å²) in [6, 6.07) is 6.24. The molecule has 2 rings (SSSR count).